The minimum atomic E-state index is -1.02. The Kier molecular flexibility index (Phi) is 4.75. The molecule has 0 radical (unpaired) electrons. The molecule has 0 aliphatic carbocycles. The molecule has 1 rings (SSSR count). The molecule has 7 heteroatoms. The first kappa shape index (κ1) is 16.0. The highest BCUT2D eigenvalue weighted by Gasteiger charge is 2.30. The maximum Gasteiger partial charge on any atom is 0.323 e. The first-order chi connectivity index (χ1) is 9.11. The Balaban J connectivity index is 2.80. The Bertz CT molecular complexity index is 490. The highest BCUT2D eigenvalue weighted by Crippen LogP contribution is 2.16. The molecule has 0 aliphatic heterocycles. The minimum Gasteiger partial charge on any atom is -0.480 e. The van der Waals surface area contributed by atoms with E-state index in [0.717, 1.165) is 5.56 Å². The lowest BCUT2D eigenvalue weighted by molar-refractivity contribution is -0.138. The number of hydrogen-bond donors (Lipinski definition) is 1. The second-order valence-electron chi connectivity index (χ2n) is 5.81. The van der Waals surface area contributed by atoms with Gasteiger partial charge >= 0.3 is 12.0 Å². The van der Waals surface area contributed by atoms with Gasteiger partial charge in [0, 0.05) is 31.4 Å². The van der Waals surface area contributed by atoms with Gasteiger partial charge in [-0.05, 0) is 20.8 Å². The van der Waals surface area contributed by atoms with Crippen LogP contribution in [0.1, 0.15) is 26.3 Å². The molecule has 1 heterocycles. The summed E-state index contributed by atoms with van der Waals surface area (Å²) in [6, 6.07) is -0.316. The third-order valence-electron chi connectivity index (χ3n) is 2.84. The molecular weight excluding hydrogens is 260 g/mol. The summed E-state index contributed by atoms with van der Waals surface area (Å²) in [5, 5.41) is 13.0. The van der Waals surface area contributed by atoms with Crippen LogP contribution in [0.15, 0.2) is 12.4 Å². The number of carbonyl (C=O) groups is 2. The Hall–Kier alpha value is -2.05. The summed E-state index contributed by atoms with van der Waals surface area (Å²) in [7, 11) is 3.45. The zero-order chi connectivity index (χ0) is 15.5. The summed E-state index contributed by atoms with van der Waals surface area (Å²) >= 11 is 0. The predicted molar refractivity (Wildman–Crippen MR) is 74.2 cm³/mol. The zero-order valence-corrected chi connectivity index (χ0v) is 12.6. The minimum absolute atomic E-state index is 0.316. The molecule has 0 aromatic carbocycles. The maximum atomic E-state index is 12.4. The van der Waals surface area contributed by atoms with Gasteiger partial charge in [-0.15, -0.1) is 0 Å². The van der Waals surface area contributed by atoms with Gasteiger partial charge in [0.15, 0.2) is 0 Å². The number of amides is 2. The molecule has 2 amide bonds. The van der Waals surface area contributed by atoms with Crippen molar-refractivity contribution in [1.82, 2.24) is 19.6 Å². The first-order valence-electron chi connectivity index (χ1n) is 6.33. The van der Waals surface area contributed by atoms with Crippen LogP contribution >= 0.6 is 0 Å². The molecule has 112 valence electrons. The summed E-state index contributed by atoms with van der Waals surface area (Å²) in [4.78, 5) is 26.1. The normalized spacial score (nSPS) is 11.2. The standard InChI is InChI=1S/C13H22N4O3/c1-13(2,3)17(9-11(18)19)12(20)15(4)7-10-6-14-16(5)8-10/h6,8H,7,9H2,1-5H3,(H,18,19). The van der Waals surface area contributed by atoms with E-state index in [4.69, 9.17) is 5.11 Å². The van der Waals surface area contributed by atoms with Crippen molar-refractivity contribution in [2.24, 2.45) is 7.05 Å². The molecule has 7 nitrogen and oxygen atoms in total. The van der Waals surface area contributed by atoms with Crippen LogP contribution in [-0.2, 0) is 18.4 Å². The molecule has 0 unspecified atom stereocenters. The van der Waals surface area contributed by atoms with E-state index in [2.05, 4.69) is 5.10 Å². The Morgan fingerprint density at radius 2 is 2.00 bits per heavy atom. The topological polar surface area (TPSA) is 78.7 Å². The van der Waals surface area contributed by atoms with Gasteiger partial charge in [-0.2, -0.15) is 5.10 Å². The number of urea groups is 1. The number of aliphatic carboxylic acids is 1. The SMILES string of the molecule is CN(Cc1cnn(C)c1)C(=O)N(CC(=O)O)C(C)(C)C. The van der Waals surface area contributed by atoms with Crippen LogP contribution in [0.5, 0.6) is 0 Å². The third-order valence-corrected chi connectivity index (χ3v) is 2.84. The van der Waals surface area contributed by atoms with Crippen LogP contribution in [0.25, 0.3) is 0 Å². The third kappa shape index (κ3) is 4.25. The lowest BCUT2D eigenvalue weighted by Gasteiger charge is -2.37. The lowest BCUT2D eigenvalue weighted by atomic mass is 10.1. The number of hydrogen-bond acceptors (Lipinski definition) is 3. The summed E-state index contributed by atoms with van der Waals surface area (Å²) in [5.74, 6) is -1.02. The number of carbonyl (C=O) groups excluding carboxylic acids is 1. The van der Waals surface area contributed by atoms with Crippen LogP contribution in [0.4, 0.5) is 4.79 Å². The van der Waals surface area contributed by atoms with E-state index < -0.39 is 11.5 Å². The van der Waals surface area contributed by atoms with Gasteiger partial charge in [0.2, 0.25) is 0 Å². The van der Waals surface area contributed by atoms with E-state index in [-0.39, 0.29) is 12.6 Å². The number of aromatic nitrogens is 2. The van der Waals surface area contributed by atoms with Crippen molar-refractivity contribution in [2.75, 3.05) is 13.6 Å². The Morgan fingerprint density at radius 3 is 2.40 bits per heavy atom. The van der Waals surface area contributed by atoms with Crippen molar-refractivity contribution < 1.29 is 14.7 Å². The summed E-state index contributed by atoms with van der Waals surface area (Å²) in [5.41, 5.74) is 0.339. The highest BCUT2D eigenvalue weighted by atomic mass is 16.4. The smallest absolute Gasteiger partial charge is 0.323 e. The van der Waals surface area contributed by atoms with Crippen molar-refractivity contribution in [3.05, 3.63) is 18.0 Å². The number of aryl methyl sites for hydroxylation is 1. The molecule has 0 spiro atoms. The van der Waals surface area contributed by atoms with Gasteiger partial charge in [0.05, 0.1) is 12.7 Å². The van der Waals surface area contributed by atoms with Crippen LogP contribution in [0, 0.1) is 0 Å². The molecule has 1 N–H and O–H groups in total. The van der Waals surface area contributed by atoms with E-state index in [1.807, 2.05) is 27.0 Å². The first-order valence-corrected chi connectivity index (χ1v) is 6.33. The second-order valence-corrected chi connectivity index (χ2v) is 5.81. The van der Waals surface area contributed by atoms with E-state index in [9.17, 15) is 9.59 Å². The van der Waals surface area contributed by atoms with Gasteiger partial charge in [-0.25, -0.2) is 4.79 Å². The quantitative estimate of drug-likeness (QED) is 0.898. The fraction of sp³-hybridized carbons (Fsp3) is 0.615. The monoisotopic (exact) mass is 282 g/mol. The van der Waals surface area contributed by atoms with Crippen molar-refractivity contribution in [1.29, 1.82) is 0 Å². The molecule has 1 aromatic rings. The fourth-order valence-electron chi connectivity index (χ4n) is 1.83. The number of rotatable bonds is 4. The van der Waals surface area contributed by atoms with Crippen molar-refractivity contribution in [2.45, 2.75) is 32.9 Å². The number of nitrogens with zero attached hydrogens (tertiary/aromatic N) is 4. The zero-order valence-electron chi connectivity index (χ0n) is 12.6. The molecule has 0 saturated carbocycles. The van der Waals surface area contributed by atoms with Crippen molar-refractivity contribution >= 4 is 12.0 Å². The summed E-state index contributed by atoms with van der Waals surface area (Å²) < 4.78 is 1.66. The second kappa shape index (κ2) is 5.94. The van der Waals surface area contributed by atoms with Gasteiger partial charge in [0.25, 0.3) is 0 Å². The van der Waals surface area contributed by atoms with E-state index in [0.29, 0.717) is 6.54 Å². The molecule has 20 heavy (non-hydrogen) atoms. The fourth-order valence-corrected chi connectivity index (χ4v) is 1.83. The molecule has 0 fully saturated rings. The molecular formula is C13H22N4O3. The van der Waals surface area contributed by atoms with Crippen LogP contribution in [-0.4, -0.2) is 55.8 Å². The Morgan fingerprint density at radius 1 is 1.40 bits per heavy atom. The molecule has 0 atom stereocenters. The molecule has 0 saturated heterocycles. The summed E-state index contributed by atoms with van der Waals surface area (Å²) in [6.07, 6.45) is 3.50. The van der Waals surface area contributed by atoms with Gasteiger partial charge in [0.1, 0.15) is 6.54 Å². The largest absolute Gasteiger partial charge is 0.480 e. The van der Waals surface area contributed by atoms with Gasteiger partial charge in [-0.1, -0.05) is 0 Å². The Labute approximate surface area is 118 Å². The molecule has 1 aromatic heterocycles. The van der Waals surface area contributed by atoms with Gasteiger partial charge < -0.3 is 14.9 Å². The highest BCUT2D eigenvalue weighted by molar-refractivity contribution is 5.80. The van der Waals surface area contributed by atoms with Gasteiger partial charge in [-0.3, -0.25) is 9.48 Å². The van der Waals surface area contributed by atoms with Crippen LogP contribution in [0.2, 0.25) is 0 Å². The van der Waals surface area contributed by atoms with E-state index in [1.54, 1.807) is 25.0 Å². The molecule has 0 aliphatic rings. The number of carboxylic acids is 1. The van der Waals surface area contributed by atoms with Crippen LogP contribution in [0.3, 0.4) is 0 Å². The van der Waals surface area contributed by atoms with E-state index in [1.165, 1.54) is 9.80 Å². The van der Waals surface area contributed by atoms with Crippen molar-refractivity contribution in [3.8, 4) is 0 Å². The van der Waals surface area contributed by atoms with E-state index >= 15 is 0 Å². The number of carboxylic acid groups (broad SMARTS) is 1. The maximum absolute atomic E-state index is 12.4. The lowest BCUT2D eigenvalue weighted by Crippen LogP contribution is -2.52. The average molecular weight is 282 g/mol. The molecule has 0 bridgehead atoms. The predicted octanol–water partition coefficient (Wildman–Crippen LogP) is 1.16. The average Bonchev–Trinajstić information content (AvgIpc) is 2.69. The summed E-state index contributed by atoms with van der Waals surface area (Å²) in [6.45, 7) is 5.50. The van der Waals surface area contributed by atoms with Crippen molar-refractivity contribution in [3.63, 3.8) is 0 Å². The van der Waals surface area contributed by atoms with Crippen LogP contribution < -0.4 is 0 Å².